The van der Waals surface area contributed by atoms with Crippen molar-refractivity contribution in [3.63, 3.8) is 0 Å². The molecule has 162 valence electrons. The smallest absolute Gasteiger partial charge is 0.271 e. The Morgan fingerprint density at radius 1 is 1.12 bits per heavy atom. The lowest BCUT2D eigenvalue weighted by atomic mass is 9.97. The van der Waals surface area contributed by atoms with Crippen molar-refractivity contribution in [2.24, 2.45) is 0 Å². The third kappa shape index (κ3) is 3.42. The molecule has 0 radical (unpaired) electrons. The van der Waals surface area contributed by atoms with Gasteiger partial charge in [0.25, 0.3) is 5.91 Å². The Kier molecular flexibility index (Phi) is 4.64. The maximum Gasteiger partial charge on any atom is 0.271 e. The molecule has 0 bridgehead atoms. The van der Waals surface area contributed by atoms with Gasteiger partial charge in [-0.3, -0.25) is 9.89 Å². The summed E-state index contributed by atoms with van der Waals surface area (Å²) in [4.78, 5) is 15.0. The average molecular weight is 449 g/mol. The molecule has 1 aromatic carbocycles. The van der Waals surface area contributed by atoms with Crippen molar-refractivity contribution in [3.8, 4) is 34.2 Å². The quantitative estimate of drug-likeness (QED) is 0.503. The van der Waals surface area contributed by atoms with Crippen molar-refractivity contribution in [2.45, 2.75) is 18.8 Å². The number of hydrogen-bond acceptors (Lipinski definition) is 8. The van der Waals surface area contributed by atoms with Crippen molar-refractivity contribution in [3.05, 3.63) is 52.7 Å². The van der Waals surface area contributed by atoms with Crippen LogP contribution in [0.25, 0.3) is 22.7 Å². The van der Waals surface area contributed by atoms with Gasteiger partial charge in [-0.15, -0.1) is 10.2 Å². The second-order valence-electron chi connectivity index (χ2n) is 7.78. The number of likely N-dealkylation sites (tertiary alicyclic amines) is 1. The molecular weight excluding hydrogens is 430 g/mol. The number of benzene rings is 1. The van der Waals surface area contributed by atoms with E-state index in [9.17, 15) is 4.79 Å². The number of rotatable bonds is 4. The Morgan fingerprint density at radius 2 is 2.06 bits per heavy atom. The van der Waals surface area contributed by atoms with E-state index >= 15 is 0 Å². The summed E-state index contributed by atoms with van der Waals surface area (Å²) in [6.07, 6.45) is 1.77. The van der Waals surface area contributed by atoms with Crippen molar-refractivity contribution >= 4 is 17.2 Å². The number of H-pyrrole nitrogens is 1. The molecule has 0 saturated carbocycles. The lowest BCUT2D eigenvalue weighted by molar-refractivity contribution is 0.0692. The summed E-state index contributed by atoms with van der Waals surface area (Å²) in [6, 6.07) is 9.33. The summed E-state index contributed by atoms with van der Waals surface area (Å²) in [5.41, 5.74) is 2.90. The number of aromatic amines is 1. The van der Waals surface area contributed by atoms with Gasteiger partial charge in [-0.25, -0.2) is 0 Å². The number of nitrogens with zero attached hydrogens (tertiary/aromatic N) is 4. The van der Waals surface area contributed by atoms with Crippen molar-refractivity contribution in [1.29, 1.82) is 0 Å². The maximum absolute atomic E-state index is 13.1. The summed E-state index contributed by atoms with van der Waals surface area (Å²) in [5.74, 6) is 2.42. The van der Waals surface area contributed by atoms with Crippen LogP contribution in [-0.2, 0) is 0 Å². The number of piperidine rings is 1. The van der Waals surface area contributed by atoms with Gasteiger partial charge in [-0.1, -0.05) is 0 Å². The molecule has 32 heavy (non-hydrogen) atoms. The second kappa shape index (κ2) is 7.79. The molecule has 9 nitrogen and oxygen atoms in total. The van der Waals surface area contributed by atoms with Crippen LogP contribution in [-0.4, -0.2) is 51.1 Å². The topological polar surface area (TPSA) is 106 Å². The van der Waals surface area contributed by atoms with E-state index in [0.717, 1.165) is 24.0 Å². The Bertz CT molecular complexity index is 1270. The molecule has 2 aliphatic heterocycles. The Morgan fingerprint density at radius 3 is 2.97 bits per heavy atom. The summed E-state index contributed by atoms with van der Waals surface area (Å²) < 4.78 is 16.7. The standard InChI is InChI=1S/C22H19N5O4S/c28-22(17-9-16(23-24-17)13-3-4-18-19(8-13)30-12-29-18)27-6-1-2-14(10-27)20-25-26-21(31-20)15-5-7-32-11-15/h3-5,7-9,11,14H,1-2,6,10,12H2,(H,23,24). The van der Waals surface area contributed by atoms with Crippen LogP contribution in [0.1, 0.15) is 35.1 Å². The van der Waals surface area contributed by atoms with Gasteiger partial charge < -0.3 is 18.8 Å². The fourth-order valence-electron chi connectivity index (χ4n) is 4.07. The molecule has 1 atom stereocenters. The molecule has 5 heterocycles. The van der Waals surface area contributed by atoms with E-state index in [-0.39, 0.29) is 18.6 Å². The molecule has 4 aromatic rings. The number of aromatic nitrogens is 4. The molecular formula is C22H19N5O4S. The predicted octanol–water partition coefficient (Wildman–Crippen LogP) is 3.94. The second-order valence-corrected chi connectivity index (χ2v) is 8.56. The molecule has 1 N–H and O–H groups in total. The van der Waals surface area contributed by atoms with Crippen LogP contribution in [0.5, 0.6) is 11.5 Å². The van der Waals surface area contributed by atoms with Crippen LogP contribution in [0.15, 0.2) is 45.5 Å². The van der Waals surface area contributed by atoms with Gasteiger partial charge >= 0.3 is 0 Å². The first-order valence-electron chi connectivity index (χ1n) is 10.4. The summed E-state index contributed by atoms with van der Waals surface area (Å²) in [7, 11) is 0. The van der Waals surface area contributed by atoms with Gasteiger partial charge in [-0.05, 0) is 48.6 Å². The van der Waals surface area contributed by atoms with Gasteiger partial charge in [-0.2, -0.15) is 16.4 Å². The van der Waals surface area contributed by atoms with E-state index in [2.05, 4.69) is 20.4 Å². The van der Waals surface area contributed by atoms with Crippen LogP contribution < -0.4 is 9.47 Å². The van der Waals surface area contributed by atoms with Crippen LogP contribution in [0.3, 0.4) is 0 Å². The van der Waals surface area contributed by atoms with E-state index < -0.39 is 0 Å². The highest BCUT2D eigenvalue weighted by Crippen LogP contribution is 2.36. The van der Waals surface area contributed by atoms with Gasteiger partial charge in [0.15, 0.2) is 11.5 Å². The first kappa shape index (κ1) is 19.1. The van der Waals surface area contributed by atoms with Gasteiger partial charge in [0.1, 0.15) is 5.69 Å². The van der Waals surface area contributed by atoms with E-state index in [4.69, 9.17) is 13.9 Å². The van der Waals surface area contributed by atoms with Crippen molar-refractivity contribution < 1.29 is 18.7 Å². The fraction of sp³-hybridized carbons (Fsp3) is 0.273. The highest BCUT2D eigenvalue weighted by Gasteiger charge is 2.30. The lowest BCUT2D eigenvalue weighted by Gasteiger charge is -2.30. The summed E-state index contributed by atoms with van der Waals surface area (Å²) in [6.45, 7) is 1.43. The Hall–Kier alpha value is -3.66. The van der Waals surface area contributed by atoms with Gasteiger partial charge in [0.05, 0.1) is 11.6 Å². The summed E-state index contributed by atoms with van der Waals surface area (Å²) >= 11 is 1.58. The molecule has 0 spiro atoms. The van der Waals surface area contributed by atoms with Crippen LogP contribution >= 0.6 is 11.3 Å². The van der Waals surface area contributed by atoms with Crippen LogP contribution in [0.4, 0.5) is 0 Å². The maximum atomic E-state index is 13.1. The minimum atomic E-state index is -0.0910. The number of fused-ring (bicyclic) bond motifs is 1. The Balaban J connectivity index is 1.17. The monoisotopic (exact) mass is 449 g/mol. The fourth-order valence-corrected chi connectivity index (χ4v) is 4.70. The zero-order chi connectivity index (χ0) is 21.5. The number of nitrogens with one attached hydrogen (secondary N) is 1. The molecule has 1 fully saturated rings. The van der Waals surface area contributed by atoms with E-state index in [0.29, 0.717) is 47.8 Å². The van der Waals surface area contributed by atoms with Crippen molar-refractivity contribution in [2.75, 3.05) is 19.9 Å². The van der Waals surface area contributed by atoms with Crippen LogP contribution in [0.2, 0.25) is 0 Å². The first-order chi connectivity index (χ1) is 15.7. The average Bonchev–Trinajstić information content (AvgIpc) is 3.64. The number of carbonyl (C=O) groups excluding carboxylic acids is 1. The molecule has 3 aromatic heterocycles. The zero-order valence-corrected chi connectivity index (χ0v) is 17.8. The predicted molar refractivity (Wildman–Crippen MR) is 116 cm³/mol. The molecule has 10 heteroatoms. The van der Waals surface area contributed by atoms with E-state index in [1.54, 1.807) is 17.4 Å². The first-order valence-corrected chi connectivity index (χ1v) is 11.3. The molecule has 0 aliphatic carbocycles. The minimum Gasteiger partial charge on any atom is -0.454 e. The van der Waals surface area contributed by atoms with E-state index in [1.807, 2.05) is 39.9 Å². The van der Waals surface area contributed by atoms with Crippen molar-refractivity contribution in [1.82, 2.24) is 25.3 Å². The van der Waals surface area contributed by atoms with Gasteiger partial charge in [0, 0.05) is 29.6 Å². The number of ether oxygens (including phenoxy) is 2. The number of thiophene rings is 1. The molecule has 6 rings (SSSR count). The highest BCUT2D eigenvalue weighted by molar-refractivity contribution is 7.08. The number of amides is 1. The molecule has 1 saturated heterocycles. The highest BCUT2D eigenvalue weighted by atomic mass is 32.1. The SMILES string of the molecule is O=C(c1cc(-c2ccc3c(c2)OCO3)n[nH]1)N1CCCC(c2nnc(-c3ccsc3)o2)C1. The Labute approximate surface area is 187 Å². The summed E-state index contributed by atoms with van der Waals surface area (Å²) in [5, 5.41) is 19.6. The third-order valence-electron chi connectivity index (χ3n) is 5.74. The zero-order valence-electron chi connectivity index (χ0n) is 17.0. The van der Waals surface area contributed by atoms with Crippen LogP contribution in [0, 0.1) is 0 Å². The number of hydrogen-bond donors (Lipinski definition) is 1. The largest absolute Gasteiger partial charge is 0.454 e. The molecule has 1 unspecified atom stereocenters. The molecule has 1 amide bonds. The lowest BCUT2D eigenvalue weighted by Crippen LogP contribution is -2.39. The molecule has 2 aliphatic rings. The van der Waals surface area contributed by atoms with E-state index in [1.165, 1.54) is 0 Å². The van der Waals surface area contributed by atoms with Gasteiger partial charge in [0.2, 0.25) is 18.6 Å². The minimum absolute atomic E-state index is 0.0174. The normalized spacial score (nSPS) is 17.6. The number of carbonyl (C=O) groups is 1. The third-order valence-corrected chi connectivity index (χ3v) is 6.43.